The van der Waals surface area contributed by atoms with E-state index in [1.807, 2.05) is 0 Å². The first-order chi connectivity index (χ1) is 15.0. The number of hydrogen-bond acceptors (Lipinski definition) is 1. The largest absolute Gasteiger partial charge is 0.416 e. The highest BCUT2D eigenvalue weighted by molar-refractivity contribution is 5.60. The number of nitrogens with zero attached hydrogens (tertiary/aromatic N) is 1. The van der Waals surface area contributed by atoms with Crippen LogP contribution in [-0.4, -0.2) is 0 Å². The molecule has 140 valence electrons. The summed E-state index contributed by atoms with van der Waals surface area (Å²) in [5.41, 5.74) is -0.503. The number of rotatable bonds is 1. The average Bonchev–Trinajstić information content (AvgIpc) is 2.75. The molecular weight excluding hydrogens is 395 g/mol. The van der Waals surface area contributed by atoms with Crippen LogP contribution >= 0.6 is 0 Å². The molecule has 1 aromatic rings. The Hall–Kier alpha value is -5.41. The van der Waals surface area contributed by atoms with Crippen LogP contribution in [0.4, 0.5) is 18.9 Å². The SMILES string of the molecule is [CH+]=CC#CC#CC#CC#CN(C#CC#CC#CC#CC=[CH+])c1ccc(C(F)(F)F)cc1. The minimum absolute atomic E-state index is 0.294. The summed E-state index contributed by atoms with van der Waals surface area (Å²) < 4.78 is 38.2. The molecule has 1 rings (SSSR count). The lowest BCUT2D eigenvalue weighted by molar-refractivity contribution is -0.137. The maximum absolute atomic E-state index is 12.7. The van der Waals surface area contributed by atoms with E-state index in [2.05, 4.69) is 95.0 Å². The molecule has 0 heterocycles. The maximum atomic E-state index is 12.7. The summed E-state index contributed by atoms with van der Waals surface area (Å²) in [4.78, 5) is 1.18. The van der Waals surface area contributed by atoms with Crippen LogP contribution in [0.25, 0.3) is 0 Å². The van der Waals surface area contributed by atoms with Crippen LogP contribution in [0.5, 0.6) is 0 Å². The maximum Gasteiger partial charge on any atom is 0.416 e. The minimum atomic E-state index is -4.45. The molecule has 0 aliphatic heterocycles. The van der Waals surface area contributed by atoms with Gasteiger partial charge >= 0.3 is 6.18 Å². The zero-order chi connectivity index (χ0) is 22.8. The normalized spacial score (nSPS) is 7.26. The second kappa shape index (κ2) is 13.7. The molecule has 0 aromatic heterocycles. The molecule has 0 bridgehead atoms. The highest BCUT2D eigenvalue weighted by atomic mass is 19.4. The third-order valence-corrected chi connectivity index (χ3v) is 2.72. The summed E-state index contributed by atoms with van der Waals surface area (Å²) in [5, 5.41) is 0. The predicted octanol–water partition coefficient (Wildman–Crippen LogP) is 3.43. The van der Waals surface area contributed by atoms with Crippen LogP contribution in [0.2, 0.25) is 0 Å². The Morgan fingerprint density at radius 2 is 1.00 bits per heavy atom. The lowest BCUT2D eigenvalue weighted by Crippen LogP contribution is -2.10. The van der Waals surface area contributed by atoms with E-state index in [0.717, 1.165) is 24.3 Å². The minimum Gasteiger partial charge on any atom is -0.226 e. The molecule has 0 amide bonds. The monoisotopic (exact) mass is 403 g/mol. The third kappa shape index (κ3) is 10.5. The molecule has 1 aromatic carbocycles. The van der Waals surface area contributed by atoms with Crippen molar-refractivity contribution in [2.24, 2.45) is 0 Å². The zero-order valence-corrected chi connectivity index (χ0v) is 15.7. The van der Waals surface area contributed by atoms with Gasteiger partial charge in [-0.1, -0.05) is 0 Å². The molecular formula is C27H8F3N+2. The van der Waals surface area contributed by atoms with Crippen LogP contribution in [0.1, 0.15) is 5.56 Å². The van der Waals surface area contributed by atoms with Crippen molar-refractivity contribution < 1.29 is 13.2 Å². The molecule has 0 saturated carbocycles. The molecule has 1 nitrogen and oxygen atoms in total. The van der Waals surface area contributed by atoms with Gasteiger partial charge in [-0.25, -0.2) is 4.90 Å². The highest BCUT2D eigenvalue weighted by Crippen LogP contribution is 2.30. The first kappa shape index (κ1) is 23.6. The van der Waals surface area contributed by atoms with Crippen molar-refractivity contribution in [3.8, 4) is 95.0 Å². The number of halogens is 3. The number of anilines is 1. The lowest BCUT2D eigenvalue weighted by atomic mass is 10.2. The summed E-state index contributed by atoms with van der Waals surface area (Å²) >= 11 is 0. The predicted molar refractivity (Wildman–Crippen MR) is 114 cm³/mol. The summed E-state index contributed by atoms with van der Waals surface area (Å²) in [7, 11) is 0. The van der Waals surface area contributed by atoms with Crippen molar-refractivity contribution in [3.63, 3.8) is 0 Å². The van der Waals surface area contributed by atoms with Gasteiger partial charge in [0.25, 0.3) is 0 Å². The standard InChI is InChI=1S/C27H8F3N/c1-3-5-7-9-11-13-15-17-23-31(24-18-16-14-12-10-8-6-4-2)26-21-19-25(20-22-26)27(28,29)30/h1-4,19-22H/q+2. The molecule has 0 spiro atoms. The van der Waals surface area contributed by atoms with Crippen LogP contribution in [0.3, 0.4) is 0 Å². The van der Waals surface area contributed by atoms with E-state index in [9.17, 15) is 13.2 Å². The van der Waals surface area contributed by atoms with Gasteiger partial charge in [0.1, 0.15) is 11.8 Å². The van der Waals surface area contributed by atoms with Crippen molar-refractivity contribution in [2.75, 3.05) is 4.90 Å². The number of alkyl halides is 3. The molecule has 31 heavy (non-hydrogen) atoms. The van der Waals surface area contributed by atoms with Crippen molar-refractivity contribution in [1.82, 2.24) is 0 Å². The van der Waals surface area contributed by atoms with Gasteiger partial charge in [0.2, 0.25) is 12.2 Å². The molecule has 0 aliphatic carbocycles. The molecule has 0 radical (unpaired) electrons. The molecule has 4 heteroatoms. The van der Waals surface area contributed by atoms with Crippen molar-refractivity contribution in [1.29, 1.82) is 0 Å². The molecule has 0 unspecified atom stereocenters. The van der Waals surface area contributed by atoms with Gasteiger partial charge in [0.05, 0.1) is 24.4 Å². The Morgan fingerprint density at radius 1 is 0.613 bits per heavy atom. The smallest absolute Gasteiger partial charge is 0.226 e. The summed E-state index contributed by atoms with van der Waals surface area (Å²) in [6.45, 7) is 10.1. The first-order valence-electron chi connectivity index (χ1n) is 8.05. The van der Waals surface area contributed by atoms with Gasteiger partial charge in [-0.2, -0.15) is 13.2 Å². The number of hydrogen-bond donors (Lipinski definition) is 0. The van der Waals surface area contributed by atoms with Gasteiger partial charge in [0, 0.05) is 71.3 Å². The average molecular weight is 403 g/mol. The van der Waals surface area contributed by atoms with Crippen molar-refractivity contribution in [2.45, 2.75) is 6.18 Å². The van der Waals surface area contributed by atoms with Gasteiger partial charge in [-0.05, 0) is 24.3 Å². The Morgan fingerprint density at radius 3 is 1.39 bits per heavy atom. The first-order valence-corrected chi connectivity index (χ1v) is 8.05. The lowest BCUT2D eigenvalue weighted by Gasteiger charge is -2.11. The highest BCUT2D eigenvalue weighted by Gasteiger charge is 2.30. The van der Waals surface area contributed by atoms with E-state index < -0.39 is 11.7 Å². The van der Waals surface area contributed by atoms with Gasteiger partial charge in [0.15, 0.2) is 11.8 Å². The molecule has 0 aliphatic rings. The fourth-order valence-corrected chi connectivity index (χ4v) is 1.53. The number of allylic oxidation sites excluding steroid dienone is 2. The molecule has 0 atom stereocenters. The van der Waals surface area contributed by atoms with E-state index >= 15 is 0 Å². The van der Waals surface area contributed by atoms with Crippen LogP contribution < -0.4 is 4.90 Å². The van der Waals surface area contributed by atoms with E-state index in [1.54, 1.807) is 0 Å². The Balaban J connectivity index is 3.14. The molecule has 0 N–H and O–H groups in total. The van der Waals surface area contributed by atoms with Crippen LogP contribution in [0, 0.1) is 108 Å². The Labute approximate surface area is 180 Å². The van der Waals surface area contributed by atoms with E-state index in [-0.39, 0.29) is 0 Å². The fraction of sp³-hybridized carbons (Fsp3) is 0.0370. The van der Waals surface area contributed by atoms with Crippen LogP contribution in [-0.2, 0) is 6.18 Å². The Bertz CT molecular complexity index is 1250. The summed E-state index contributed by atoms with van der Waals surface area (Å²) in [6.07, 6.45) is -2.17. The van der Waals surface area contributed by atoms with Gasteiger partial charge in [-0.15, -0.1) is 0 Å². The summed E-state index contributed by atoms with van der Waals surface area (Å²) in [6, 6.07) is 9.48. The van der Waals surface area contributed by atoms with Crippen molar-refractivity contribution in [3.05, 3.63) is 55.1 Å². The molecule has 0 fully saturated rings. The Kier molecular flexibility index (Phi) is 10.5. The van der Waals surface area contributed by atoms with Gasteiger partial charge < -0.3 is 0 Å². The van der Waals surface area contributed by atoms with E-state index in [4.69, 9.17) is 13.2 Å². The quantitative estimate of drug-likeness (QED) is 0.395. The zero-order valence-electron chi connectivity index (χ0n) is 15.7. The van der Waals surface area contributed by atoms with Crippen LogP contribution in [0.15, 0.2) is 36.4 Å². The van der Waals surface area contributed by atoms with Gasteiger partial charge in [-0.3, -0.25) is 0 Å². The van der Waals surface area contributed by atoms with E-state index in [1.165, 1.54) is 17.0 Å². The molecule has 0 saturated heterocycles. The van der Waals surface area contributed by atoms with Crippen molar-refractivity contribution >= 4 is 5.69 Å². The topological polar surface area (TPSA) is 3.24 Å². The summed E-state index contributed by atoms with van der Waals surface area (Å²) in [5.74, 6) is 34.2. The number of benzene rings is 1. The van der Waals surface area contributed by atoms with E-state index in [0.29, 0.717) is 5.69 Å². The third-order valence-electron chi connectivity index (χ3n) is 2.72. The second-order valence-electron chi connectivity index (χ2n) is 4.73. The fourth-order valence-electron chi connectivity index (χ4n) is 1.53. The second-order valence-corrected chi connectivity index (χ2v) is 4.73.